The van der Waals surface area contributed by atoms with Crippen molar-refractivity contribution in [2.75, 3.05) is 6.54 Å². The molecule has 2 atom stereocenters. The molecule has 0 saturated carbocycles. The molecule has 1 heterocycles. The summed E-state index contributed by atoms with van der Waals surface area (Å²) in [5, 5.41) is 10.0. The zero-order valence-electron chi connectivity index (χ0n) is 16.9. The maximum absolute atomic E-state index is 13.8. The normalized spacial score (nSPS) is 19.5. The highest BCUT2D eigenvalue weighted by Gasteiger charge is 2.49. The lowest BCUT2D eigenvalue weighted by Gasteiger charge is -2.32. The minimum absolute atomic E-state index is 0.159. The van der Waals surface area contributed by atoms with Crippen molar-refractivity contribution in [3.8, 4) is 0 Å². The number of hydrazine groups is 1. The Hall–Kier alpha value is -2.87. The third kappa shape index (κ3) is 4.04. The van der Waals surface area contributed by atoms with E-state index >= 15 is 0 Å². The summed E-state index contributed by atoms with van der Waals surface area (Å²) in [6, 6.07) is 23.0. The van der Waals surface area contributed by atoms with Gasteiger partial charge < -0.3 is 5.73 Å². The van der Waals surface area contributed by atoms with E-state index < -0.39 is 16.1 Å². The Kier molecular flexibility index (Phi) is 5.75. The average Bonchev–Trinajstić information content (AvgIpc) is 3.17. The third-order valence-corrected chi connectivity index (χ3v) is 7.50. The third-order valence-electron chi connectivity index (χ3n) is 5.48. The van der Waals surface area contributed by atoms with Crippen molar-refractivity contribution in [2.24, 2.45) is 5.73 Å². The van der Waals surface area contributed by atoms with Crippen LogP contribution in [0.15, 0.2) is 83.8 Å². The van der Waals surface area contributed by atoms with Crippen molar-refractivity contribution in [3.63, 3.8) is 0 Å². The minimum atomic E-state index is -4.00. The summed E-state index contributed by atoms with van der Waals surface area (Å²) in [7, 11) is -4.00. The maximum atomic E-state index is 13.8. The van der Waals surface area contributed by atoms with Gasteiger partial charge in [0.2, 0.25) is 5.96 Å². The average molecular weight is 455 g/mol. The molecule has 0 spiro atoms. The van der Waals surface area contributed by atoms with Crippen LogP contribution in [-0.2, 0) is 10.0 Å². The Balaban J connectivity index is 1.92. The molecule has 0 bridgehead atoms. The molecule has 160 valence electrons. The molecule has 1 saturated heterocycles. The number of nitrogens with two attached hydrogens (primary N) is 1. The maximum Gasteiger partial charge on any atom is 0.260 e. The van der Waals surface area contributed by atoms with Crippen LogP contribution in [0.5, 0.6) is 0 Å². The SMILES string of the molecule is Cc1cccc(S(=O)(=O)N2C(c3ccc(Cl)cc3)C(c3ccccc3)CN2C(=N)N)c1. The van der Waals surface area contributed by atoms with E-state index in [0.29, 0.717) is 5.02 Å². The number of nitrogens with zero attached hydrogens (tertiary/aromatic N) is 2. The van der Waals surface area contributed by atoms with Crippen LogP contribution < -0.4 is 5.73 Å². The first kappa shape index (κ1) is 21.4. The summed E-state index contributed by atoms with van der Waals surface area (Å²) in [4.78, 5) is 0.159. The van der Waals surface area contributed by atoms with Gasteiger partial charge >= 0.3 is 0 Å². The molecule has 1 aliphatic rings. The van der Waals surface area contributed by atoms with E-state index in [0.717, 1.165) is 16.7 Å². The molecule has 3 aromatic carbocycles. The van der Waals surface area contributed by atoms with Gasteiger partial charge in [-0.1, -0.05) is 70.6 Å². The summed E-state index contributed by atoms with van der Waals surface area (Å²) in [6.07, 6.45) is 0. The Morgan fingerprint density at radius 1 is 1.00 bits per heavy atom. The van der Waals surface area contributed by atoms with Crippen LogP contribution in [0.3, 0.4) is 0 Å². The van der Waals surface area contributed by atoms with Crippen LogP contribution in [0.1, 0.15) is 28.7 Å². The number of rotatable bonds is 4. The van der Waals surface area contributed by atoms with Gasteiger partial charge in [0.05, 0.1) is 10.9 Å². The van der Waals surface area contributed by atoms with Crippen molar-refractivity contribution in [1.82, 2.24) is 9.42 Å². The number of benzene rings is 3. The van der Waals surface area contributed by atoms with E-state index in [1.54, 1.807) is 30.3 Å². The smallest absolute Gasteiger partial charge is 0.260 e. The van der Waals surface area contributed by atoms with E-state index in [4.69, 9.17) is 22.7 Å². The summed E-state index contributed by atoms with van der Waals surface area (Å²) in [6.45, 7) is 2.10. The second-order valence-corrected chi connectivity index (χ2v) is 9.81. The Bertz CT molecular complexity index is 1200. The fourth-order valence-electron chi connectivity index (χ4n) is 4.05. The van der Waals surface area contributed by atoms with Gasteiger partial charge in [0.1, 0.15) is 0 Å². The molecule has 3 N–H and O–H groups in total. The van der Waals surface area contributed by atoms with E-state index in [-0.39, 0.29) is 23.3 Å². The van der Waals surface area contributed by atoms with Crippen molar-refractivity contribution in [3.05, 3.63) is 101 Å². The van der Waals surface area contributed by atoms with Gasteiger partial charge in [0.15, 0.2) is 0 Å². The van der Waals surface area contributed by atoms with Crippen LogP contribution in [0.2, 0.25) is 5.02 Å². The number of sulfonamides is 1. The highest BCUT2D eigenvalue weighted by atomic mass is 35.5. The molecule has 31 heavy (non-hydrogen) atoms. The van der Waals surface area contributed by atoms with Crippen LogP contribution in [0, 0.1) is 12.3 Å². The highest BCUT2D eigenvalue weighted by molar-refractivity contribution is 7.89. The van der Waals surface area contributed by atoms with E-state index in [9.17, 15) is 8.42 Å². The molecule has 2 unspecified atom stereocenters. The summed E-state index contributed by atoms with van der Waals surface area (Å²) in [5.74, 6) is -0.556. The van der Waals surface area contributed by atoms with Crippen molar-refractivity contribution in [2.45, 2.75) is 23.8 Å². The second kappa shape index (κ2) is 8.34. The lowest BCUT2D eigenvalue weighted by atomic mass is 9.89. The highest BCUT2D eigenvalue weighted by Crippen LogP contribution is 2.46. The van der Waals surface area contributed by atoms with Gasteiger partial charge in [0.25, 0.3) is 10.0 Å². The van der Waals surface area contributed by atoms with Crippen molar-refractivity contribution in [1.29, 1.82) is 5.41 Å². The fraction of sp³-hybridized carbons (Fsp3) is 0.174. The summed E-state index contributed by atoms with van der Waals surface area (Å²) < 4.78 is 28.9. The van der Waals surface area contributed by atoms with Crippen LogP contribution in [0.25, 0.3) is 0 Å². The van der Waals surface area contributed by atoms with Crippen LogP contribution in [-0.4, -0.2) is 30.3 Å². The first-order chi connectivity index (χ1) is 14.8. The van der Waals surface area contributed by atoms with Gasteiger partial charge in [0, 0.05) is 17.5 Å². The summed E-state index contributed by atoms with van der Waals surface area (Å²) in [5.41, 5.74) is 8.45. The van der Waals surface area contributed by atoms with Gasteiger partial charge in [-0.05, 0) is 47.9 Å². The number of hydrogen-bond acceptors (Lipinski definition) is 3. The predicted octanol–water partition coefficient (Wildman–Crippen LogP) is 4.29. The number of hydrogen-bond donors (Lipinski definition) is 2. The zero-order chi connectivity index (χ0) is 22.2. The Morgan fingerprint density at radius 3 is 2.29 bits per heavy atom. The van der Waals surface area contributed by atoms with Crippen LogP contribution >= 0.6 is 11.6 Å². The quantitative estimate of drug-likeness (QED) is 0.454. The number of halogens is 1. The first-order valence-corrected chi connectivity index (χ1v) is 11.6. The number of aryl methyl sites for hydroxylation is 1. The largest absolute Gasteiger partial charge is 0.369 e. The molecule has 1 fully saturated rings. The Labute approximate surface area is 187 Å². The standard InChI is InChI=1S/C23H23ClN4O2S/c1-16-6-5-9-20(14-16)31(29,30)28-22(18-10-12-19(24)13-11-18)21(15-27(28)23(25)26)17-7-3-2-4-8-17/h2-14,21-22H,15H2,1H3,(H3,25,26). The van der Waals surface area contributed by atoms with Crippen LogP contribution in [0.4, 0.5) is 0 Å². The molecule has 0 aliphatic carbocycles. The molecule has 0 amide bonds. The molecule has 6 nitrogen and oxygen atoms in total. The molecule has 4 rings (SSSR count). The zero-order valence-corrected chi connectivity index (χ0v) is 18.5. The fourth-order valence-corrected chi connectivity index (χ4v) is 5.96. The molecule has 0 aromatic heterocycles. The number of guanidine groups is 1. The monoisotopic (exact) mass is 454 g/mol. The number of nitrogens with one attached hydrogen (secondary N) is 1. The van der Waals surface area contributed by atoms with Gasteiger partial charge in [-0.25, -0.2) is 8.42 Å². The minimum Gasteiger partial charge on any atom is -0.369 e. The predicted molar refractivity (Wildman–Crippen MR) is 122 cm³/mol. The summed E-state index contributed by atoms with van der Waals surface area (Å²) >= 11 is 6.09. The molecule has 8 heteroatoms. The van der Waals surface area contributed by atoms with Gasteiger partial charge in [-0.3, -0.25) is 10.4 Å². The lowest BCUT2D eigenvalue weighted by Crippen LogP contribution is -2.48. The first-order valence-electron chi connectivity index (χ1n) is 9.82. The van der Waals surface area contributed by atoms with Crippen molar-refractivity contribution < 1.29 is 8.42 Å². The molecule has 1 aliphatic heterocycles. The molecular weight excluding hydrogens is 432 g/mol. The lowest BCUT2D eigenvalue weighted by molar-refractivity contribution is 0.175. The van der Waals surface area contributed by atoms with E-state index in [2.05, 4.69) is 0 Å². The molecule has 3 aromatic rings. The van der Waals surface area contributed by atoms with Gasteiger partial charge in [-0.2, -0.15) is 0 Å². The van der Waals surface area contributed by atoms with E-state index in [1.165, 1.54) is 9.42 Å². The second-order valence-electron chi connectivity index (χ2n) is 7.58. The molecule has 0 radical (unpaired) electrons. The Morgan fingerprint density at radius 2 is 1.68 bits per heavy atom. The molecular formula is C23H23ClN4O2S. The van der Waals surface area contributed by atoms with E-state index in [1.807, 2.05) is 55.5 Å². The van der Waals surface area contributed by atoms with Gasteiger partial charge in [-0.15, -0.1) is 0 Å². The topological polar surface area (TPSA) is 90.5 Å². The van der Waals surface area contributed by atoms with Crippen molar-refractivity contribution >= 4 is 27.6 Å².